The second-order valence-corrected chi connectivity index (χ2v) is 6.43. The summed E-state index contributed by atoms with van der Waals surface area (Å²) in [6, 6.07) is 13.1. The van der Waals surface area contributed by atoms with Gasteiger partial charge in [-0.3, -0.25) is 10.1 Å². The van der Waals surface area contributed by atoms with E-state index >= 15 is 0 Å². The van der Waals surface area contributed by atoms with Gasteiger partial charge in [-0.15, -0.1) is 0 Å². The fourth-order valence-corrected chi connectivity index (χ4v) is 3.05. The molecule has 0 aliphatic heterocycles. The van der Waals surface area contributed by atoms with Gasteiger partial charge in [0, 0.05) is 16.5 Å². The lowest BCUT2D eigenvalue weighted by molar-refractivity contribution is 0.0997. The topological polar surface area (TPSA) is 90.4 Å². The Bertz CT molecular complexity index is 1140. The number of rotatable bonds is 5. The van der Waals surface area contributed by atoms with E-state index in [2.05, 4.69) is 15.6 Å². The Kier molecular flexibility index (Phi) is 4.57. The van der Waals surface area contributed by atoms with Crippen LogP contribution in [-0.4, -0.2) is 22.8 Å². The number of carbonyl (C=O) groups excluding carboxylic acids is 1. The van der Waals surface area contributed by atoms with Crippen molar-refractivity contribution in [3.8, 4) is 17.0 Å². The second-order valence-electron chi connectivity index (χ2n) is 6.43. The number of ether oxygens (including phenoxy) is 1. The third-order valence-corrected chi connectivity index (χ3v) is 4.46. The van der Waals surface area contributed by atoms with Crippen LogP contribution in [0.3, 0.4) is 0 Å². The van der Waals surface area contributed by atoms with E-state index in [-0.39, 0.29) is 11.6 Å². The molecule has 0 spiro atoms. The van der Waals surface area contributed by atoms with Crippen LogP contribution in [0, 0.1) is 13.8 Å². The van der Waals surface area contributed by atoms with Crippen molar-refractivity contribution in [2.24, 2.45) is 0 Å². The Hall–Kier alpha value is -3.61. The lowest BCUT2D eigenvalue weighted by atomic mass is 10.1. The van der Waals surface area contributed by atoms with Crippen LogP contribution in [0.1, 0.15) is 28.6 Å². The summed E-state index contributed by atoms with van der Waals surface area (Å²) in [5.41, 5.74) is 3.68. The number of carbonyl (C=O) groups is 1. The first-order valence-corrected chi connectivity index (χ1v) is 8.93. The summed E-state index contributed by atoms with van der Waals surface area (Å²) in [6.45, 7) is 6.33. The van der Waals surface area contributed by atoms with E-state index in [4.69, 9.17) is 13.8 Å². The van der Waals surface area contributed by atoms with Gasteiger partial charge in [0.05, 0.1) is 6.61 Å². The van der Waals surface area contributed by atoms with E-state index in [1.54, 1.807) is 0 Å². The zero-order valence-electron chi connectivity index (χ0n) is 15.8. The fourth-order valence-electron chi connectivity index (χ4n) is 3.05. The van der Waals surface area contributed by atoms with E-state index in [0.717, 1.165) is 27.8 Å². The smallest absolute Gasteiger partial charge is 0.292 e. The van der Waals surface area contributed by atoms with Crippen molar-refractivity contribution >= 4 is 22.7 Å². The number of amides is 1. The molecule has 2 aromatic carbocycles. The normalized spacial score (nSPS) is 11.0. The molecule has 4 rings (SSSR count). The van der Waals surface area contributed by atoms with Crippen LogP contribution >= 0.6 is 0 Å². The summed E-state index contributed by atoms with van der Waals surface area (Å²) < 4.78 is 16.1. The number of hydrogen-bond donors (Lipinski definition) is 1. The van der Waals surface area contributed by atoms with Gasteiger partial charge in [0.1, 0.15) is 11.3 Å². The fraction of sp³-hybridized carbons (Fsp3) is 0.190. The average Bonchev–Trinajstić information content (AvgIpc) is 3.27. The van der Waals surface area contributed by atoms with Crippen molar-refractivity contribution in [3.63, 3.8) is 0 Å². The monoisotopic (exact) mass is 377 g/mol. The summed E-state index contributed by atoms with van der Waals surface area (Å²) >= 11 is 0. The van der Waals surface area contributed by atoms with Crippen molar-refractivity contribution in [1.29, 1.82) is 0 Å². The average molecular weight is 377 g/mol. The lowest BCUT2D eigenvalue weighted by Crippen LogP contribution is -2.13. The second kappa shape index (κ2) is 7.19. The predicted octanol–water partition coefficient (Wildman–Crippen LogP) is 4.75. The van der Waals surface area contributed by atoms with Gasteiger partial charge in [-0.25, -0.2) is 4.63 Å². The van der Waals surface area contributed by atoms with Crippen LogP contribution < -0.4 is 10.1 Å². The molecule has 0 fully saturated rings. The molecule has 0 radical (unpaired) electrons. The first-order chi connectivity index (χ1) is 13.6. The molecule has 2 heterocycles. The number of furan rings is 1. The Morgan fingerprint density at radius 3 is 2.64 bits per heavy atom. The number of hydrogen-bond acceptors (Lipinski definition) is 6. The molecular weight excluding hydrogens is 358 g/mol. The summed E-state index contributed by atoms with van der Waals surface area (Å²) in [6.07, 6.45) is 0. The van der Waals surface area contributed by atoms with E-state index in [1.165, 1.54) is 0 Å². The highest BCUT2D eigenvalue weighted by molar-refractivity contribution is 6.07. The largest absolute Gasteiger partial charge is 0.494 e. The maximum absolute atomic E-state index is 12.8. The van der Waals surface area contributed by atoms with Crippen LogP contribution in [-0.2, 0) is 0 Å². The number of aryl methyl sites for hydroxylation is 2. The minimum atomic E-state index is -0.408. The highest BCUT2D eigenvalue weighted by Crippen LogP contribution is 2.29. The van der Waals surface area contributed by atoms with Gasteiger partial charge in [0.25, 0.3) is 5.91 Å². The minimum Gasteiger partial charge on any atom is -0.494 e. The van der Waals surface area contributed by atoms with Crippen LogP contribution in [0.2, 0.25) is 0 Å². The van der Waals surface area contributed by atoms with Gasteiger partial charge in [-0.1, -0.05) is 12.1 Å². The first kappa shape index (κ1) is 17.8. The summed E-state index contributed by atoms with van der Waals surface area (Å²) in [4.78, 5) is 12.8. The van der Waals surface area contributed by atoms with Crippen LogP contribution in [0.4, 0.5) is 5.82 Å². The van der Waals surface area contributed by atoms with Crippen molar-refractivity contribution in [1.82, 2.24) is 10.3 Å². The molecule has 0 aliphatic carbocycles. The van der Waals surface area contributed by atoms with Gasteiger partial charge in [0.2, 0.25) is 5.82 Å². The van der Waals surface area contributed by atoms with E-state index in [9.17, 15) is 4.79 Å². The number of nitrogens with one attached hydrogen (secondary N) is 1. The summed E-state index contributed by atoms with van der Waals surface area (Å²) in [5.74, 6) is 0.808. The van der Waals surface area contributed by atoms with Gasteiger partial charge < -0.3 is 9.15 Å². The van der Waals surface area contributed by atoms with E-state index < -0.39 is 5.91 Å². The SMILES string of the molecule is CCOc1ccc(-c2nonc2NC(=O)c2oc3cc(C)ccc3c2C)cc1. The Morgan fingerprint density at radius 1 is 1.11 bits per heavy atom. The Labute approximate surface area is 161 Å². The number of fused-ring (bicyclic) bond motifs is 1. The van der Waals surface area contributed by atoms with Crippen LogP contribution in [0.15, 0.2) is 51.5 Å². The quantitative estimate of drug-likeness (QED) is 0.540. The molecule has 142 valence electrons. The number of anilines is 1. The molecule has 0 aliphatic rings. The molecular formula is C21H19N3O4. The van der Waals surface area contributed by atoms with Crippen molar-refractivity contribution in [2.45, 2.75) is 20.8 Å². The predicted molar refractivity (Wildman–Crippen MR) is 105 cm³/mol. The third-order valence-electron chi connectivity index (χ3n) is 4.46. The number of aromatic nitrogens is 2. The van der Waals surface area contributed by atoms with E-state index in [0.29, 0.717) is 17.9 Å². The maximum atomic E-state index is 12.8. The maximum Gasteiger partial charge on any atom is 0.292 e. The molecule has 7 heteroatoms. The Morgan fingerprint density at radius 2 is 1.89 bits per heavy atom. The molecule has 1 N–H and O–H groups in total. The first-order valence-electron chi connectivity index (χ1n) is 8.93. The molecule has 4 aromatic rings. The molecule has 0 bridgehead atoms. The van der Waals surface area contributed by atoms with Gasteiger partial charge in [0.15, 0.2) is 11.5 Å². The molecule has 7 nitrogen and oxygen atoms in total. The van der Waals surface area contributed by atoms with Crippen LogP contribution in [0.5, 0.6) is 5.75 Å². The van der Waals surface area contributed by atoms with Gasteiger partial charge in [-0.05, 0) is 67.0 Å². The van der Waals surface area contributed by atoms with Crippen molar-refractivity contribution in [3.05, 3.63) is 59.4 Å². The van der Waals surface area contributed by atoms with Gasteiger partial charge >= 0.3 is 0 Å². The van der Waals surface area contributed by atoms with Crippen molar-refractivity contribution < 1.29 is 18.6 Å². The third kappa shape index (κ3) is 3.22. The molecule has 2 aromatic heterocycles. The zero-order chi connectivity index (χ0) is 19.7. The minimum absolute atomic E-state index is 0.227. The molecule has 0 saturated carbocycles. The van der Waals surface area contributed by atoms with Crippen molar-refractivity contribution in [2.75, 3.05) is 11.9 Å². The molecule has 0 saturated heterocycles. The lowest BCUT2D eigenvalue weighted by Gasteiger charge is -2.04. The Balaban J connectivity index is 1.61. The van der Waals surface area contributed by atoms with Crippen LogP contribution in [0.25, 0.3) is 22.2 Å². The number of nitrogens with zero attached hydrogens (tertiary/aromatic N) is 2. The molecule has 0 unspecified atom stereocenters. The summed E-state index contributed by atoms with van der Waals surface area (Å²) in [5, 5.41) is 11.4. The van der Waals surface area contributed by atoms with E-state index in [1.807, 2.05) is 63.2 Å². The van der Waals surface area contributed by atoms with Gasteiger partial charge in [-0.2, -0.15) is 0 Å². The number of benzene rings is 2. The summed E-state index contributed by atoms with van der Waals surface area (Å²) in [7, 11) is 0. The molecule has 1 amide bonds. The standard InChI is InChI=1S/C21H19N3O4/c1-4-26-15-8-6-14(7-9-15)18-20(24-28-23-18)22-21(25)19-13(3)16-10-5-12(2)11-17(16)27-19/h5-11H,4H2,1-3H3,(H,22,24,25). The highest BCUT2D eigenvalue weighted by atomic mass is 16.6. The molecule has 0 atom stereocenters. The molecule has 28 heavy (non-hydrogen) atoms. The highest BCUT2D eigenvalue weighted by Gasteiger charge is 2.21. The zero-order valence-corrected chi connectivity index (χ0v) is 15.8.